The molecule has 2 amide bonds. The lowest BCUT2D eigenvalue weighted by Gasteiger charge is -2.33. The van der Waals surface area contributed by atoms with Gasteiger partial charge in [0.1, 0.15) is 6.04 Å². The monoisotopic (exact) mass is 256 g/mol. The van der Waals surface area contributed by atoms with E-state index in [1.54, 1.807) is 18.7 Å². The molecule has 0 aromatic rings. The van der Waals surface area contributed by atoms with E-state index in [0.717, 1.165) is 32.4 Å². The number of carbonyl (C=O) groups excluding carboxylic acids is 1. The summed E-state index contributed by atoms with van der Waals surface area (Å²) in [5.41, 5.74) is 0. The number of carboxylic acids is 1. The highest BCUT2D eigenvalue weighted by Gasteiger charge is 2.28. The fourth-order valence-electron chi connectivity index (χ4n) is 2.32. The molecule has 5 nitrogen and oxygen atoms in total. The van der Waals surface area contributed by atoms with Crippen molar-refractivity contribution in [1.82, 2.24) is 10.2 Å². The quantitative estimate of drug-likeness (QED) is 0.807. The lowest BCUT2D eigenvalue weighted by atomic mass is 9.96. The predicted molar refractivity (Wildman–Crippen MR) is 69.4 cm³/mol. The van der Waals surface area contributed by atoms with Crippen LogP contribution >= 0.6 is 0 Å². The van der Waals surface area contributed by atoms with E-state index < -0.39 is 12.0 Å². The summed E-state index contributed by atoms with van der Waals surface area (Å²) in [6.07, 6.45) is 3.23. The summed E-state index contributed by atoms with van der Waals surface area (Å²) in [4.78, 5) is 24.8. The van der Waals surface area contributed by atoms with Gasteiger partial charge >= 0.3 is 12.0 Å². The van der Waals surface area contributed by atoms with Crippen LogP contribution in [0.3, 0.4) is 0 Å². The number of carboxylic acid groups (broad SMARTS) is 1. The third-order valence-corrected chi connectivity index (χ3v) is 3.60. The van der Waals surface area contributed by atoms with Crippen molar-refractivity contribution >= 4 is 12.0 Å². The molecule has 1 heterocycles. The second-order valence-corrected chi connectivity index (χ2v) is 5.37. The smallest absolute Gasteiger partial charge is 0.326 e. The maximum atomic E-state index is 12.0. The van der Waals surface area contributed by atoms with Gasteiger partial charge in [-0.2, -0.15) is 0 Å². The highest BCUT2D eigenvalue weighted by molar-refractivity contribution is 5.82. The number of urea groups is 1. The average molecular weight is 256 g/mol. The number of aliphatic carboxylic acids is 1. The molecule has 5 heteroatoms. The van der Waals surface area contributed by atoms with Gasteiger partial charge in [0.25, 0.3) is 0 Å². The van der Waals surface area contributed by atoms with Gasteiger partial charge in [0.2, 0.25) is 0 Å². The van der Waals surface area contributed by atoms with E-state index in [9.17, 15) is 9.59 Å². The van der Waals surface area contributed by atoms with Gasteiger partial charge in [0.05, 0.1) is 0 Å². The molecular formula is C13H24N2O3. The molecule has 2 atom stereocenters. The first-order valence-electron chi connectivity index (χ1n) is 6.74. The molecular weight excluding hydrogens is 232 g/mol. The second-order valence-electron chi connectivity index (χ2n) is 5.37. The summed E-state index contributed by atoms with van der Waals surface area (Å²) in [5, 5.41) is 11.7. The van der Waals surface area contributed by atoms with Gasteiger partial charge < -0.3 is 15.3 Å². The Labute approximate surface area is 109 Å². The maximum absolute atomic E-state index is 12.0. The second kappa shape index (κ2) is 6.61. The zero-order valence-corrected chi connectivity index (χ0v) is 11.5. The van der Waals surface area contributed by atoms with E-state index in [1.165, 1.54) is 0 Å². The van der Waals surface area contributed by atoms with Crippen molar-refractivity contribution < 1.29 is 14.7 Å². The largest absolute Gasteiger partial charge is 0.480 e. The fourth-order valence-corrected chi connectivity index (χ4v) is 2.32. The van der Waals surface area contributed by atoms with Crippen molar-refractivity contribution in [3.63, 3.8) is 0 Å². The number of amides is 2. The van der Waals surface area contributed by atoms with Crippen LogP contribution in [0.5, 0.6) is 0 Å². The Hall–Kier alpha value is -1.26. The first kappa shape index (κ1) is 14.8. The molecule has 104 valence electrons. The molecule has 1 unspecified atom stereocenters. The van der Waals surface area contributed by atoms with Gasteiger partial charge in [0.15, 0.2) is 0 Å². The molecule has 0 saturated carbocycles. The zero-order valence-electron chi connectivity index (χ0n) is 11.5. The number of hydrogen-bond donors (Lipinski definition) is 2. The number of hydrogen-bond acceptors (Lipinski definition) is 2. The third kappa shape index (κ3) is 3.89. The Balaban J connectivity index is 2.55. The highest BCUT2D eigenvalue weighted by Crippen LogP contribution is 2.19. The van der Waals surface area contributed by atoms with E-state index in [-0.39, 0.29) is 11.9 Å². The average Bonchev–Trinajstić information content (AvgIpc) is 2.34. The number of nitrogens with one attached hydrogen (secondary N) is 1. The van der Waals surface area contributed by atoms with Crippen LogP contribution in [-0.4, -0.2) is 41.1 Å². The standard InChI is InChI=1S/C13H24N2O3/c1-4-10-6-5-7-15(8-10)13(18)14-11(9(2)3)12(16)17/h9-11H,4-8H2,1-3H3,(H,14,18)(H,16,17)/t10?,11-/m0/s1. The van der Waals surface area contributed by atoms with Crippen LogP contribution in [0, 0.1) is 11.8 Å². The van der Waals surface area contributed by atoms with E-state index >= 15 is 0 Å². The Kier molecular flexibility index (Phi) is 5.44. The summed E-state index contributed by atoms with van der Waals surface area (Å²) < 4.78 is 0. The minimum Gasteiger partial charge on any atom is -0.480 e. The van der Waals surface area contributed by atoms with Crippen molar-refractivity contribution in [2.75, 3.05) is 13.1 Å². The van der Waals surface area contributed by atoms with Gasteiger partial charge in [-0.15, -0.1) is 0 Å². The molecule has 0 spiro atoms. The van der Waals surface area contributed by atoms with Crippen molar-refractivity contribution in [1.29, 1.82) is 0 Å². The van der Waals surface area contributed by atoms with E-state index in [1.807, 2.05) is 0 Å². The van der Waals surface area contributed by atoms with Crippen molar-refractivity contribution in [2.45, 2.75) is 46.1 Å². The Morgan fingerprint density at radius 1 is 1.44 bits per heavy atom. The summed E-state index contributed by atoms with van der Waals surface area (Å²) in [6.45, 7) is 7.19. The molecule has 1 aliphatic rings. The molecule has 0 bridgehead atoms. The Morgan fingerprint density at radius 2 is 2.11 bits per heavy atom. The lowest BCUT2D eigenvalue weighted by Crippen LogP contribution is -2.52. The number of nitrogens with zero attached hydrogens (tertiary/aromatic N) is 1. The molecule has 1 saturated heterocycles. The number of likely N-dealkylation sites (tertiary alicyclic amines) is 1. The fraction of sp³-hybridized carbons (Fsp3) is 0.846. The van der Waals surface area contributed by atoms with Crippen molar-refractivity contribution in [3.05, 3.63) is 0 Å². The Bertz CT molecular complexity index is 305. The van der Waals surface area contributed by atoms with E-state index in [0.29, 0.717) is 5.92 Å². The van der Waals surface area contributed by atoms with Crippen molar-refractivity contribution in [2.24, 2.45) is 11.8 Å². The van der Waals surface area contributed by atoms with Gasteiger partial charge in [0, 0.05) is 13.1 Å². The van der Waals surface area contributed by atoms with Crippen molar-refractivity contribution in [3.8, 4) is 0 Å². The van der Waals surface area contributed by atoms with E-state index in [2.05, 4.69) is 12.2 Å². The van der Waals surface area contributed by atoms with Gasteiger partial charge in [-0.1, -0.05) is 27.2 Å². The topological polar surface area (TPSA) is 69.6 Å². The van der Waals surface area contributed by atoms with Crippen LogP contribution in [0.2, 0.25) is 0 Å². The van der Waals surface area contributed by atoms with Crippen LogP contribution in [0.1, 0.15) is 40.0 Å². The Morgan fingerprint density at radius 3 is 2.61 bits per heavy atom. The number of rotatable bonds is 4. The zero-order chi connectivity index (χ0) is 13.7. The van der Waals surface area contributed by atoms with Crippen LogP contribution in [-0.2, 0) is 4.79 Å². The molecule has 0 radical (unpaired) electrons. The minimum atomic E-state index is -0.970. The summed E-state index contributed by atoms with van der Waals surface area (Å²) in [5.74, 6) is -0.535. The molecule has 18 heavy (non-hydrogen) atoms. The number of carbonyl (C=O) groups is 2. The molecule has 0 aromatic carbocycles. The van der Waals surface area contributed by atoms with Crippen LogP contribution in [0.4, 0.5) is 4.79 Å². The van der Waals surface area contributed by atoms with Crippen LogP contribution < -0.4 is 5.32 Å². The lowest BCUT2D eigenvalue weighted by molar-refractivity contribution is -0.140. The molecule has 0 aromatic heterocycles. The molecule has 1 rings (SSSR count). The summed E-state index contributed by atoms with van der Waals surface area (Å²) in [6, 6.07) is -1.05. The molecule has 1 aliphatic heterocycles. The van der Waals surface area contributed by atoms with Gasteiger partial charge in [-0.05, 0) is 24.7 Å². The third-order valence-electron chi connectivity index (χ3n) is 3.60. The first-order chi connectivity index (χ1) is 8.45. The van der Waals surface area contributed by atoms with E-state index in [4.69, 9.17) is 5.11 Å². The highest BCUT2D eigenvalue weighted by atomic mass is 16.4. The molecule has 0 aliphatic carbocycles. The predicted octanol–water partition coefficient (Wildman–Crippen LogP) is 1.93. The van der Waals surface area contributed by atoms with Crippen LogP contribution in [0.15, 0.2) is 0 Å². The van der Waals surface area contributed by atoms with Gasteiger partial charge in [-0.25, -0.2) is 9.59 Å². The SMILES string of the molecule is CCC1CCCN(C(=O)N[C@H](C(=O)O)C(C)C)C1. The maximum Gasteiger partial charge on any atom is 0.326 e. The molecule has 2 N–H and O–H groups in total. The summed E-state index contributed by atoms with van der Waals surface area (Å²) in [7, 11) is 0. The molecule has 1 fully saturated rings. The normalized spacial score (nSPS) is 21.8. The minimum absolute atomic E-state index is 0.113. The summed E-state index contributed by atoms with van der Waals surface area (Å²) >= 11 is 0. The number of piperidine rings is 1. The van der Waals surface area contributed by atoms with Gasteiger partial charge in [-0.3, -0.25) is 0 Å². The first-order valence-corrected chi connectivity index (χ1v) is 6.74. The van der Waals surface area contributed by atoms with Crippen LogP contribution in [0.25, 0.3) is 0 Å².